The van der Waals surface area contributed by atoms with Gasteiger partial charge in [0.05, 0.1) is 0 Å². The van der Waals surface area contributed by atoms with Gasteiger partial charge in [0.2, 0.25) is 5.91 Å². The Morgan fingerprint density at radius 3 is 2.33 bits per heavy atom. The maximum Gasteiger partial charge on any atom is 0.328 e. The van der Waals surface area contributed by atoms with Crippen LogP contribution in [0, 0.1) is 0 Å². The van der Waals surface area contributed by atoms with Gasteiger partial charge in [-0.05, 0) is 13.3 Å². The van der Waals surface area contributed by atoms with Gasteiger partial charge in [0.1, 0.15) is 0 Å². The first kappa shape index (κ1) is 10.7. The van der Waals surface area contributed by atoms with Gasteiger partial charge in [0.15, 0.2) is 0 Å². The maximum absolute atomic E-state index is 11.1. The van der Waals surface area contributed by atoms with E-state index in [1.54, 1.807) is 13.8 Å². The highest BCUT2D eigenvalue weighted by Crippen LogP contribution is 1.99. The normalized spacial score (nSPS) is 11.0. The van der Waals surface area contributed by atoms with Crippen molar-refractivity contribution < 1.29 is 14.7 Å². The predicted molar refractivity (Wildman–Crippen MR) is 44.7 cm³/mol. The van der Waals surface area contributed by atoms with Crippen molar-refractivity contribution in [1.82, 2.24) is 5.32 Å². The highest BCUT2D eigenvalue weighted by molar-refractivity contribution is 5.98. The number of likely N-dealkylation sites (N-methyl/N-ethyl adjacent to an activating group) is 1. The third-order valence-electron chi connectivity index (χ3n) is 1.31. The highest BCUT2D eigenvalue weighted by Gasteiger charge is 2.06. The zero-order chi connectivity index (χ0) is 9.56. The fraction of sp³-hybridized carbons (Fsp3) is 0.500. The standard InChI is InChI=1S/C8H13NO3/c1-3-6(5-7(10)11)8(12)9-4-2/h5H,3-4H2,1-2H3,(H,9,12)(H,10,11)/b6-5+. The fourth-order valence-electron chi connectivity index (χ4n) is 0.751. The molecule has 0 radical (unpaired) electrons. The van der Waals surface area contributed by atoms with Gasteiger partial charge in [-0.2, -0.15) is 0 Å². The van der Waals surface area contributed by atoms with Crippen molar-refractivity contribution in [2.75, 3.05) is 6.54 Å². The molecule has 0 saturated heterocycles. The smallest absolute Gasteiger partial charge is 0.328 e. The molecule has 0 rings (SSSR count). The van der Waals surface area contributed by atoms with E-state index >= 15 is 0 Å². The molecule has 0 fully saturated rings. The molecule has 4 nitrogen and oxygen atoms in total. The van der Waals surface area contributed by atoms with Gasteiger partial charge in [-0.25, -0.2) is 4.79 Å². The number of carboxylic acid groups (broad SMARTS) is 1. The van der Waals surface area contributed by atoms with E-state index in [-0.39, 0.29) is 5.91 Å². The van der Waals surface area contributed by atoms with E-state index in [2.05, 4.69) is 5.32 Å². The van der Waals surface area contributed by atoms with Crippen molar-refractivity contribution in [1.29, 1.82) is 0 Å². The molecule has 0 aliphatic carbocycles. The summed E-state index contributed by atoms with van der Waals surface area (Å²) in [5.74, 6) is -1.39. The van der Waals surface area contributed by atoms with Crippen molar-refractivity contribution in [2.24, 2.45) is 0 Å². The van der Waals surface area contributed by atoms with E-state index < -0.39 is 5.97 Å². The number of rotatable bonds is 4. The zero-order valence-electron chi connectivity index (χ0n) is 7.26. The number of amides is 1. The van der Waals surface area contributed by atoms with Crippen LogP contribution in [0.3, 0.4) is 0 Å². The van der Waals surface area contributed by atoms with E-state index in [0.717, 1.165) is 6.08 Å². The quantitative estimate of drug-likeness (QED) is 0.607. The first-order valence-electron chi connectivity index (χ1n) is 3.83. The van der Waals surface area contributed by atoms with Crippen molar-refractivity contribution in [3.8, 4) is 0 Å². The fourth-order valence-corrected chi connectivity index (χ4v) is 0.751. The SMILES string of the molecule is CCNC(=O)/C(=C/C(=O)O)CC. The summed E-state index contributed by atoms with van der Waals surface area (Å²) < 4.78 is 0. The number of carbonyl (C=O) groups excluding carboxylic acids is 1. The van der Waals surface area contributed by atoms with Gasteiger partial charge in [-0.15, -0.1) is 0 Å². The highest BCUT2D eigenvalue weighted by atomic mass is 16.4. The summed E-state index contributed by atoms with van der Waals surface area (Å²) in [7, 11) is 0. The lowest BCUT2D eigenvalue weighted by atomic mass is 10.2. The van der Waals surface area contributed by atoms with E-state index in [1.807, 2.05) is 0 Å². The molecule has 0 saturated carbocycles. The number of carboxylic acids is 1. The molecule has 0 heterocycles. The van der Waals surface area contributed by atoms with Gasteiger partial charge in [0, 0.05) is 18.2 Å². The van der Waals surface area contributed by atoms with E-state index in [0.29, 0.717) is 18.5 Å². The average Bonchev–Trinajstić information content (AvgIpc) is 2.00. The molecule has 0 aromatic carbocycles. The summed E-state index contributed by atoms with van der Waals surface area (Å²) in [6.45, 7) is 4.03. The number of nitrogens with one attached hydrogen (secondary N) is 1. The molecule has 0 aliphatic rings. The Hall–Kier alpha value is -1.32. The average molecular weight is 171 g/mol. The third kappa shape index (κ3) is 3.75. The van der Waals surface area contributed by atoms with Crippen LogP contribution in [0.25, 0.3) is 0 Å². The second-order valence-electron chi connectivity index (χ2n) is 2.22. The maximum atomic E-state index is 11.1. The molecule has 68 valence electrons. The van der Waals surface area contributed by atoms with Crippen LogP contribution in [-0.2, 0) is 9.59 Å². The summed E-state index contributed by atoms with van der Waals surface area (Å²) in [6, 6.07) is 0. The Bertz CT molecular complexity index is 208. The predicted octanol–water partition coefficient (Wildman–Crippen LogP) is 0.543. The molecule has 1 amide bonds. The lowest BCUT2D eigenvalue weighted by Gasteiger charge is -2.02. The molecule has 0 aliphatic heterocycles. The lowest BCUT2D eigenvalue weighted by Crippen LogP contribution is -2.24. The molecular weight excluding hydrogens is 158 g/mol. The number of hydrogen-bond donors (Lipinski definition) is 2. The Kier molecular flexibility index (Phi) is 4.76. The van der Waals surface area contributed by atoms with E-state index in [9.17, 15) is 9.59 Å². The minimum atomic E-state index is -1.09. The molecule has 0 bridgehead atoms. The van der Waals surface area contributed by atoms with Gasteiger partial charge >= 0.3 is 5.97 Å². The molecular formula is C8H13NO3. The van der Waals surface area contributed by atoms with Gasteiger partial charge < -0.3 is 10.4 Å². The van der Waals surface area contributed by atoms with Crippen LogP contribution in [0.5, 0.6) is 0 Å². The summed E-state index contributed by atoms with van der Waals surface area (Å²) in [4.78, 5) is 21.3. The molecule has 0 unspecified atom stereocenters. The number of aliphatic carboxylic acids is 1. The topological polar surface area (TPSA) is 66.4 Å². The first-order valence-corrected chi connectivity index (χ1v) is 3.83. The van der Waals surface area contributed by atoms with Crippen LogP contribution in [0.4, 0.5) is 0 Å². The van der Waals surface area contributed by atoms with Gasteiger partial charge in [-0.3, -0.25) is 4.79 Å². The number of carbonyl (C=O) groups is 2. The van der Waals surface area contributed by atoms with Gasteiger partial charge in [0.25, 0.3) is 0 Å². The summed E-state index contributed by atoms with van der Waals surface area (Å²) in [5.41, 5.74) is 0.296. The molecule has 2 N–H and O–H groups in total. The van der Waals surface area contributed by atoms with Crippen LogP contribution in [0.15, 0.2) is 11.6 Å². The zero-order valence-corrected chi connectivity index (χ0v) is 7.26. The Labute approximate surface area is 71.3 Å². The van der Waals surface area contributed by atoms with Crippen LogP contribution in [0.2, 0.25) is 0 Å². The minimum absolute atomic E-state index is 0.296. The molecule has 0 aromatic rings. The Morgan fingerprint density at radius 1 is 1.42 bits per heavy atom. The van der Waals surface area contributed by atoms with Crippen molar-refractivity contribution in [3.63, 3.8) is 0 Å². The molecule has 0 atom stereocenters. The summed E-state index contributed by atoms with van der Waals surface area (Å²) in [6.07, 6.45) is 1.36. The molecule has 4 heteroatoms. The Balaban J connectivity index is 4.34. The molecule has 12 heavy (non-hydrogen) atoms. The molecule has 0 aromatic heterocycles. The van der Waals surface area contributed by atoms with Crippen LogP contribution in [-0.4, -0.2) is 23.5 Å². The summed E-state index contributed by atoms with van der Waals surface area (Å²) >= 11 is 0. The largest absolute Gasteiger partial charge is 0.478 e. The molecule has 0 spiro atoms. The second-order valence-corrected chi connectivity index (χ2v) is 2.22. The second kappa shape index (κ2) is 5.35. The number of hydrogen-bond acceptors (Lipinski definition) is 2. The van der Waals surface area contributed by atoms with E-state index in [1.165, 1.54) is 0 Å². The van der Waals surface area contributed by atoms with E-state index in [4.69, 9.17) is 5.11 Å². The minimum Gasteiger partial charge on any atom is -0.478 e. The van der Waals surface area contributed by atoms with Crippen LogP contribution in [0.1, 0.15) is 20.3 Å². The van der Waals surface area contributed by atoms with Crippen LogP contribution < -0.4 is 5.32 Å². The third-order valence-corrected chi connectivity index (χ3v) is 1.31. The van der Waals surface area contributed by atoms with Crippen molar-refractivity contribution in [3.05, 3.63) is 11.6 Å². The lowest BCUT2D eigenvalue weighted by molar-refractivity contribution is -0.131. The summed E-state index contributed by atoms with van der Waals surface area (Å²) in [5, 5.41) is 10.9. The van der Waals surface area contributed by atoms with Crippen molar-refractivity contribution >= 4 is 11.9 Å². The van der Waals surface area contributed by atoms with Crippen LogP contribution >= 0.6 is 0 Å². The Morgan fingerprint density at radius 2 is 2.00 bits per heavy atom. The first-order chi connectivity index (χ1) is 5.61. The van der Waals surface area contributed by atoms with Gasteiger partial charge in [-0.1, -0.05) is 6.92 Å². The van der Waals surface area contributed by atoms with Crippen molar-refractivity contribution in [2.45, 2.75) is 20.3 Å². The monoisotopic (exact) mass is 171 g/mol.